The van der Waals surface area contributed by atoms with Crippen LogP contribution in [0.1, 0.15) is 44.4 Å². The number of hydrogen-bond acceptors (Lipinski definition) is 3. The Balaban J connectivity index is 3.33. The second-order valence-corrected chi connectivity index (χ2v) is 5.19. The predicted molar refractivity (Wildman–Crippen MR) is 62.9 cm³/mol. The van der Waals surface area contributed by atoms with Crippen molar-refractivity contribution in [2.24, 2.45) is 0 Å². The number of rotatable bonds is 3. The van der Waals surface area contributed by atoms with Crippen LogP contribution in [0.15, 0.2) is 18.2 Å². The molecule has 16 heavy (non-hydrogen) atoms. The molecule has 0 radical (unpaired) electrons. The van der Waals surface area contributed by atoms with Gasteiger partial charge in [0.1, 0.15) is 0 Å². The topological polar surface area (TPSA) is 60.7 Å². The van der Waals surface area contributed by atoms with Gasteiger partial charge in [-0.15, -0.1) is 0 Å². The van der Waals surface area contributed by atoms with Crippen molar-refractivity contribution in [2.75, 3.05) is 0 Å². The minimum Gasteiger partial charge on any atom is -0.392 e. The SMILES string of the molecule is CC(C)(O)c1cc(CO)cc(C(C)(C)O)c1. The van der Waals surface area contributed by atoms with Gasteiger partial charge in [0, 0.05) is 0 Å². The van der Waals surface area contributed by atoms with Crippen LogP contribution < -0.4 is 0 Å². The molecule has 0 heterocycles. The summed E-state index contributed by atoms with van der Waals surface area (Å²) in [5, 5.41) is 29.0. The molecule has 1 rings (SSSR count). The molecule has 1 aromatic carbocycles. The van der Waals surface area contributed by atoms with Gasteiger partial charge >= 0.3 is 0 Å². The Morgan fingerprint density at radius 2 is 1.25 bits per heavy atom. The highest BCUT2D eigenvalue weighted by molar-refractivity contribution is 5.35. The van der Waals surface area contributed by atoms with E-state index in [1.54, 1.807) is 45.9 Å². The van der Waals surface area contributed by atoms with E-state index in [-0.39, 0.29) is 6.61 Å². The van der Waals surface area contributed by atoms with Gasteiger partial charge < -0.3 is 15.3 Å². The van der Waals surface area contributed by atoms with Crippen molar-refractivity contribution < 1.29 is 15.3 Å². The van der Waals surface area contributed by atoms with Crippen LogP contribution >= 0.6 is 0 Å². The molecule has 3 heteroatoms. The van der Waals surface area contributed by atoms with Gasteiger partial charge in [-0.2, -0.15) is 0 Å². The maximum absolute atomic E-state index is 9.94. The summed E-state index contributed by atoms with van der Waals surface area (Å²) in [5.74, 6) is 0. The molecule has 0 unspecified atom stereocenters. The molecule has 0 spiro atoms. The van der Waals surface area contributed by atoms with Crippen molar-refractivity contribution in [1.82, 2.24) is 0 Å². The first-order valence-corrected chi connectivity index (χ1v) is 5.35. The summed E-state index contributed by atoms with van der Waals surface area (Å²) in [4.78, 5) is 0. The Morgan fingerprint density at radius 1 is 0.875 bits per heavy atom. The third kappa shape index (κ3) is 3.04. The van der Waals surface area contributed by atoms with Gasteiger partial charge in [0.2, 0.25) is 0 Å². The average Bonchev–Trinajstić information content (AvgIpc) is 2.14. The summed E-state index contributed by atoms with van der Waals surface area (Å²) < 4.78 is 0. The van der Waals surface area contributed by atoms with E-state index in [4.69, 9.17) is 5.11 Å². The Hall–Kier alpha value is -0.900. The fraction of sp³-hybridized carbons (Fsp3) is 0.538. The van der Waals surface area contributed by atoms with E-state index in [2.05, 4.69) is 0 Å². The van der Waals surface area contributed by atoms with Gasteiger partial charge in [-0.3, -0.25) is 0 Å². The molecule has 1 aromatic rings. The summed E-state index contributed by atoms with van der Waals surface area (Å²) in [5.41, 5.74) is 0.111. The van der Waals surface area contributed by atoms with Crippen LogP contribution in [0.4, 0.5) is 0 Å². The smallest absolute Gasteiger partial charge is 0.0840 e. The third-order valence-electron chi connectivity index (χ3n) is 2.59. The fourth-order valence-electron chi connectivity index (χ4n) is 1.49. The third-order valence-corrected chi connectivity index (χ3v) is 2.59. The van der Waals surface area contributed by atoms with E-state index in [9.17, 15) is 10.2 Å². The van der Waals surface area contributed by atoms with E-state index in [1.807, 2.05) is 0 Å². The van der Waals surface area contributed by atoms with E-state index < -0.39 is 11.2 Å². The van der Waals surface area contributed by atoms with Crippen molar-refractivity contribution >= 4 is 0 Å². The van der Waals surface area contributed by atoms with Gasteiger partial charge in [-0.25, -0.2) is 0 Å². The van der Waals surface area contributed by atoms with Crippen LogP contribution in [0.25, 0.3) is 0 Å². The maximum atomic E-state index is 9.94. The molecule has 0 fully saturated rings. The van der Waals surface area contributed by atoms with Crippen LogP contribution in [0.3, 0.4) is 0 Å². The standard InChI is InChI=1S/C13H20O3/c1-12(2,15)10-5-9(8-14)6-11(7-10)13(3,4)16/h5-7,14-16H,8H2,1-4H3. The number of aliphatic hydroxyl groups is 3. The number of aliphatic hydroxyl groups excluding tert-OH is 1. The van der Waals surface area contributed by atoms with E-state index >= 15 is 0 Å². The molecule has 0 saturated carbocycles. The Bertz CT molecular complexity index is 337. The van der Waals surface area contributed by atoms with Crippen molar-refractivity contribution in [2.45, 2.75) is 45.5 Å². The summed E-state index contributed by atoms with van der Waals surface area (Å²) in [6, 6.07) is 5.25. The normalized spacial score (nSPS) is 12.9. The number of hydrogen-bond donors (Lipinski definition) is 3. The van der Waals surface area contributed by atoms with Crippen LogP contribution in [0, 0.1) is 0 Å². The zero-order chi connectivity index (χ0) is 12.6. The van der Waals surface area contributed by atoms with Crippen molar-refractivity contribution in [1.29, 1.82) is 0 Å². The first-order valence-electron chi connectivity index (χ1n) is 5.35. The highest BCUT2D eigenvalue weighted by atomic mass is 16.3. The van der Waals surface area contributed by atoms with E-state index in [0.29, 0.717) is 16.7 Å². The molecule has 0 saturated heterocycles. The molecule has 0 aliphatic rings. The lowest BCUT2D eigenvalue weighted by atomic mass is 9.89. The second-order valence-electron chi connectivity index (χ2n) is 5.19. The minimum atomic E-state index is -0.981. The lowest BCUT2D eigenvalue weighted by molar-refractivity contribution is 0.0714. The van der Waals surface area contributed by atoms with Crippen LogP contribution in [-0.4, -0.2) is 15.3 Å². The Kier molecular flexibility index (Phi) is 3.43. The van der Waals surface area contributed by atoms with Gasteiger partial charge in [0.05, 0.1) is 17.8 Å². The second kappa shape index (κ2) is 4.17. The summed E-state index contributed by atoms with van der Waals surface area (Å²) >= 11 is 0. The molecular weight excluding hydrogens is 204 g/mol. The average molecular weight is 224 g/mol. The van der Waals surface area contributed by atoms with E-state index in [1.165, 1.54) is 0 Å². The molecule has 0 atom stereocenters. The lowest BCUT2D eigenvalue weighted by Gasteiger charge is -2.24. The van der Waals surface area contributed by atoms with Crippen molar-refractivity contribution in [3.8, 4) is 0 Å². The highest BCUT2D eigenvalue weighted by Gasteiger charge is 2.22. The van der Waals surface area contributed by atoms with Gasteiger partial charge in [-0.05, 0) is 44.4 Å². The highest BCUT2D eigenvalue weighted by Crippen LogP contribution is 2.27. The minimum absolute atomic E-state index is 0.104. The first kappa shape index (κ1) is 13.2. The summed E-state index contributed by atoms with van der Waals surface area (Å²) in [7, 11) is 0. The molecule has 90 valence electrons. The molecule has 3 nitrogen and oxygen atoms in total. The zero-order valence-corrected chi connectivity index (χ0v) is 10.3. The monoisotopic (exact) mass is 224 g/mol. The van der Waals surface area contributed by atoms with Crippen LogP contribution in [-0.2, 0) is 17.8 Å². The Labute approximate surface area is 96.4 Å². The van der Waals surface area contributed by atoms with Gasteiger partial charge in [-0.1, -0.05) is 18.2 Å². The van der Waals surface area contributed by atoms with Crippen molar-refractivity contribution in [3.05, 3.63) is 34.9 Å². The molecule has 0 aliphatic heterocycles. The fourth-order valence-corrected chi connectivity index (χ4v) is 1.49. The predicted octanol–water partition coefficient (Wildman–Crippen LogP) is 1.63. The lowest BCUT2D eigenvalue weighted by Crippen LogP contribution is -2.20. The van der Waals surface area contributed by atoms with Crippen molar-refractivity contribution in [3.63, 3.8) is 0 Å². The number of benzene rings is 1. The maximum Gasteiger partial charge on any atom is 0.0840 e. The van der Waals surface area contributed by atoms with E-state index in [0.717, 1.165) is 0 Å². The van der Waals surface area contributed by atoms with Crippen LogP contribution in [0.5, 0.6) is 0 Å². The molecule has 0 aromatic heterocycles. The molecule has 3 N–H and O–H groups in total. The summed E-state index contributed by atoms with van der Waals surface area (Å²) in [6.07, 6.45) is 0. The van der Waals surface area contributed by atoms with Gasteiger partial charge in [0.25, 0.3) is 0 Å². The molecule has 0 aliphatic carbocycles. The zero-order valence-electron chi connectivity index (χ0n) is 10.3. The van der Waals surface area contributed by atoms with Gasteiger partial charge in [0.15, 0.2) is 0 Å². The molecule has 0 bridgehead atoms. The summed E-state index contributed by atoms with van der Waals surface area (Å²) in [6.45, 7) is 6.61. The van der Waals surface area contributed by atoms with Crippen LogP contribution in [0.2, 0.25) is 0 Å². The Morgan fingerprint density at radius 3 is 1.50 bits per heavy atom. The first-order chi connectivity index (χ1) is 7.14. The largest absolute Gasteiger partial charge is 0.392 e. The molecular formula is C13H20O3. The quantitative estimate of drug-likeness (QED) is 0.731. The molecule has 0 amide bonds.